The molecule has 0 aliphatic carbocycles. The minimum atomic E-state index is -0.609. The van der Waals surface area contributed by atoms with Gasteiger partial charge in [-0.1, -0.05) is 42.5 Å². The molecule has 0 bridgehead atoms. The highest BCUT2D eigenvalue weighted by Crippen LogP contribution is 2.25. The van der Waals surface area contributed by atoms with Crippen LogP contribution >= 0.6 is 0 Å². The van der Waals surface area contributed by atoms with Crippen LogP contribution in [0.4, 0.5) is 4.39 Å². The van der Waals surface area contributed by atoms with Gasteiger partial charge in [0.1, 0.15) is 18.2 Å². The zero-order chi connectivity index (χ0) is 22.2. The Morgan fingerprint density at radius 1 is 1.03 bits per heavy atom. The molecule has 32 heavy (non-hydrogen) atoms. The number of piperidine rings is 1. The third-order valence-corrected chi connectivity index (χ3v) is 5.86. The fourth-order valence-corrected chi connectivity index (χ4v) is 4.06. The zero-order valence-corrected chi connectivity index (χ0v) is 18.0. The van der Waals surface area contributed by atoms with Gasteiger partial charge in [0.15, 0.2) is 0 Å². The van der Waals surface area contributed by atoms with E-state index in [1.54, 1.807) is 30.5 Å². The summed E-state index contributed by atoms with van der Waals surface area (Å²) in [6.07, 6.45) is 3.19. The maximum Gasteiger partial charge on any atom is 0.224 e. The van der Waals surface area contributed by atoms with Crippen molar-refractivity contribution in [3.8, 4) is 5.75 Å². The molecule has 5 nitrogen and oxygen atoms in total. The lowest BCUT2D eigenvalue weighted by atomic mass is 9.94. The second kappa shape index (κ2) is 10.9. The highest BCUT2D eigenvalue weighted by Gasteiger charge is 2.28. The monoisotopic (exact) mass is 433 g/mol. The van der Waals surface area contributed by atoms with E-state index in [4.69, 9.17) is 4.74 Å². The van der Waals surface area contributed by atoms with E-state index >= 15 is 0 Å². The Labute approximate surface area is 188 Å². The highest BCUT2D eigenvalue weighted by molar-refractivity contribution is 5.79. The highest BCUT2D eigenvalue weighted by atomic mass is 19.1. The molecule has 1 atom stereocenters. The van der Waals surface area contributed by atoms with Gasteiger partial charge in [-0.15, -0.1) is 0 Å². The van der Waals surface area contributed by atoms with E-state index in [1.807, 2.05) is 42.5 Å². The van der Waals surface area contributed by atoms with Crippen molar-refractivity contribution < 1.29 is 13.9 Å². The number of halogens is 1. The standard InChI is InChI=1S/C26H28FN3O2/c27-23-11-5-4-10-22(23)25(24-12-6-7-15-28-24)29-26(31)20-13-16-30(17-14-20)18-19-32-21-8-2-1-3-9-21/h1-12,15,20,25H,13-14,16-19H2,(H,29,31)/t25-/m0/s1. The van der Waals surface area contributed by atoms with Crippen molar-refractivity contribution in [2.75, 3.05) is 26.2 Å². The molecule has 0 spiro atoms. The van der Waals surface area contributed by atoms with Gasteiger partial charge in [-0.2, -0.15) is 0 Å². The Balaban J connectivity index is 1.32. The number of para-hydroxylation sites is 1. The van der Waals surface area contributed by atoms with E-state index in [2.05, 4.69) is 15.2 Å². The van der Waals surface area contributed by atoms with Gasteiger partial charge in [-0.05, 0) is 56.3 Å². The molecule has 1 amide bonds. The number of nitrogens with zero attached hydrogens (tertiary/aromatic N) is 2. The Morgan fingerprint density at radius 2 is 1.75 bits per heavy atom. The van der Waals surface area contributed by atoms with E-state index in [0.29, 0.717) is 17.9 Å². The molecular weight excluding hydrogens is 405 g/mol. The van der Waals surface area contributed by atoms with E-state index in [0.717, 1.165) is 38.2 Å². The van der Waals surface area contributed by atoms with Crippen molar-refractivity contribution in [3.63, 3.8) is 0 Å². The number of amides is 1. The number of aromatic nitrogens is 1. The molecule has 1 aliphatic rings. The average molecular weight is 434 g/mol. The second-order valence-electron chi connectivity index (χ2n) is 8.00. The predicted molar refractivity (Wildman–Crippen MR) is 122 cm³/mol. The quantitative estimate of drug-likeness (QED) is 0.578. The average Bonchev–Trinajstić information content (AvgIpc) is 2.85. The van der Waals surface area contributed by atoms with Gasteiger partial charge in [0.05, 0.1) is 11.7 Å². The first-order chi connectivity index (χ1) is 15.7. The van der Waals surface area contributed by atoms with E-state index < -0.39 is 6.04 Å². The van der Waals surface area contributed by atoms with Crippen molar-refractivity contribution in [3.05, 3.63) is 96.1 Å². The van der Waals surface area contributed by atoms with E-state index in [9.17, 15) is 9.18 Å². The summed E-state index contributed by atoms with van der Waals surface area (Å²) in [5.41, 5.74) is 1.05. The Hall–Kier alpha value is -3.25. The number of benzene rings is 2. The van der Waals surface area contributed by atoms with Crippen LogP contribution in [0.15, 0.2) is 79.0 Å². The third-order valence-electron chi connectivity index (χ3n) is 5.86. The third kappa shape index (κ3) is 5.71. The van der Waals surface area contributed by atoms with Crippen LogP contribution in [0.3, 0.4) is 0 Å². The molecule has 1 N–H and O–H groups in total. The first-order valence-corrected chi connectivity index (χ1v) is 11.1. The molecule has 1 aromatic heterocycles. The Kier molecular flexibility index (Phi) is 7.46. The lowest BCUT2D eigenvalue weighted by Crippen LogP contribution is -2.43. The van der Waals surface area contributed by atoms with Crippen molar-refractivity contribution >= 4 is 5.91 Å². The van der Waals surface area contributed by atoms with Gasteiger partial charge in [0, 0.05) is 24.2 Å². The molecule has 2 heterocycles. The molecule has 166 valence electrons. The molecule has 2 aromatic carbocycles. The molecule has 0 unspecified atom stereocenters. The maximum atomic E-state index is 14.5. The Bertz CT molecular complexity index is 992. The minimum absolute atomic E-state index is 0.0518. The molecule has 3 aromatic rings. The number of hydrogen-bond acceptors (Lipinski definition) is 4. The van der Waals surface area contributed by atoms with Crippen LogP contribution in [0.25, 0.3) is 0 Å². The summed E-state index contributed by atoms with van der Waals surface area (Å²) in [4.78, 5) is 19.7. The fraction of sp³-hybridized carbons (Fsp3) is 0.308. The van der Waals surface area contributed by atoms with Crippen LogP contribution in [0, 0.1) is 11.7 Å². The number of rotatable bonds is 8. The van der Waals surface area contributed by atoms with Crippen LogP contribution in [0.2, 0.25) is 0 Å². The number of carbonyl (C=O) groups is 1. The predicted octanol–water partition coefficient (Wildman–Crippen LogP) is 4.22. The summed E-state index contributed by atoms with van der Waals surface area (Å²) in [6, 6.07) is 21.2. The summed E-state index contributed by atoms with van der Waals surface area (Å²) in [6.45, 7) is 3.12. The summed E-state index contributed by atoms with van der Waals surface area (Å²) in [7, 11) is 0. The molecule has 1 aliphatic heterocycles. The van der Waals surface area contributed by atoms with Crippen molar-refractivity contribution in [1.82, 2.24) is 15.2 Å². The molecule has 4 rings (SSSR count). The SMILES string of the molecule is O=C(N[C@H](c1ccccn1)c1ccccc1F)C1CCN(CCOc2ccccc2)CC1. The van der Waals surface area contributed by atoms with Crippen LogP contribution in [-0.4, -0.2) is 42.0 Å². The molecule has 1 fully saturated rings. The van der Waals surface area contributed by atoms with Crippen LogP contribution in [0.5, 0.6) is 5.75 Å². The lowest BCUT2D eigenvalue weighted by Gasteiger charge is -2.32. The number of likely N-dealkylation sites (tertiary alicyclic amines) is 1. The molecular formula is C26H28FN3O2. The zero-order valence-electron chi connectivity index (χ0n) is 18.0. The van der Waals surface area contributed by atoms with Gasteiger partial charge < -0.3 is 10.1 Å². The maximum absolute atomic E-state index is 14.5. The summed E-state index contributed by atoms with van der Waals surface area (Å²) in [5, 5.41) is 3.06. The largest absolute Gasteiger partial charge is 0.492 e. The van der Waals surface area contributed by atoms with Crippen LogP contribution in [-0.2, 0) is 4.79 Å². The second-order valence-corrected chi connectivity index (χ2v) is 8.00. The smallest absolute Gasteiger partial charge is 0.224 e. The van der Waals surface area contributed by atoms with Crippen LogP contribution < -0.4 is 10.1 Å². The fourth-order valence-electron chi connectivity index (χ4n) is 4.06. The van der Waals surface area contributed by atoms with Crippen molar-refractivity contribution in [2.45, 2.75) is 18.9 Å². The lowest BCUT2D eigenvalue weighted by molar-refractivity contribution is -0.127. The summed E-state index contributed by atoms with van der Waals surface area (Å²) >= 11 is 0. The summed E-state index contributed by atoms with van der Waals surface area (Å²) < 4.78 is 20.3. The minimum Gasteiger partial charge on any atom is -0.492 e. The Morgan fingerprint density at radius 3 is 2.47 bits per heavy atom. The first-order valence-electron chi connectivity index (χ1n) is 11.1. The number of ether oxygens (including phenoxy) is 1. The molecule has 0 radical (unpaired) electrons. The van der Waals surface area contributed by atoms with Gasteiger partial charge in [0.25, 0.3) is 0 Å². The van der Waals surface area contributed by atoms with Gasteiger partial charge in [-0.3, -0.25) is 14.7 Å². The number of nitrogens with one attached hydrogen (secondary N) is 1. The molecule has 1 saturated heterocycles. The van der Waals surface area contributed by atoms with Crippen LogP contribution in [0.1, 0.15) is 30.1 Å². The molecule has 0 saturated carbocycles. The van der Waals surface area contributed by atoms with Gasteiger partial charge >= 0.3 is 0 Å². The van der Waals surface area contributed by atoms with Crippen molar-refractivity contribution in [2.24, 2.45) is 5.92 Å². The van der Waals surface area contributed by atoms with Gasteiger partial charge in [-0.25, -0.2) is 4.39 Å². The topological polar surface area (TPSA) is 54.5 Å². The first kappa shape index (κ1) is 22.0. The van der Waals surface area contributed by atoms with Crippen molar-refractivity contribution in [1.29, 1.82) is 0 Å². The van der Waals surface area contributed by atoms with Gasteiger partial charge in [0.2, 0.25) is 5.91 Å². The van der Waals surface area contributed by atoms with E-state index in [-0.39, 0.29) is 17.6 Å². The number of hydrogen-bond donors (Lipinski definition) is 1. The summed E-state index contributed by atoms with van der Waals surface area (Å²) in [5.74, 6) is 0.371. The van der Waals surface area contributed by atoms with E-state index in [1.165, 1.54) is 6.07 Å². The normalized spacial score (nSPS) is 15.8. The molecule has 6 heteroatoms. The number of pyridine rings is 1. The number of carbonyl (C=O) groups excluding carboxylic acids is 1.